The molecule has 31 heavy (non-hydrogen) atoms. The SMILES string of the molecule is CCOCCn1c(-c2ccc(N3[C@@H](C)CC[C@@H]3C)nc2)nc2cc(C(=O)OC)ccc21. The van der Waals surface area contributed by atoms with E-state index < -0.39 is 0 Å². The lowest BCUT2D eigenvalue weighted by atomic mass is 10.2. The third-order valence-corrected chi connectivity index (χ3v) is 6.06. The maximum atomic E-state index is 12.0. The number of anilines is 1. The van der Waals surface area contributed by atoms with Crippen molar-refractivity contribution in [3.05, 3.63) is 42.1 Å². The predicted molar refractivity (Wildman–Crippen MR) is 121 cm³/mol. The molecule has 7 heteroatoms. The van der Waals surface area contributed by atoms with Crippen LogP contribution >= 0.6 is 0 Å². The Balaban J connectivity index is 1.72. The average molecular weight is 423 g/mol. The number of rotatable bonds is 7. The Hall–Kier alpha value is -2.93. The molecule has 3 aromatic rings. The molecule has 1 aliphatic heterocycles. The lowest BCUT2D eigenvalue weighted by molar-refractivity contribution is 0.0601. The fourth-order valence-corrected chi connectivity index (χ4v) is 4.44. The molecule has 1 aromatic carbocycles. The molecule has 0 bridgehead atoms. The minimum Gasteiger partial charge on any atom is -0.465 e. The van der Waals surface area contributed by atoms with Crippen LogP contribution in [0.3, 0.4) is 0 Å². The second-order valence-corrected chi connectivity index (χ2v) is 8.07. The van der Waals surface area contributed by atoms with Crippen LogP contribution in [0.1, 0.15) is 44.0 Å². The van der Waals surface area contributed by atoms with Gasteiger partial charge in [-0.2, -0.15) is 0 Å². The van der Waals surface area contributed by atoms with Gasteiger partial charge in [-0.25, -0.2) is 14.8 Å². The van der Waals surface area contributed by atoms with Gasteiger partial charge in [0.2, 0.25) is 0 Å². The number of ether oxygens (including phenoxy) is 2. The number of esters is 1. The Kier molecular flexibility index (Phi) is 6.23. The van der Waals surface area contributed by atoms with Gasteiger partial charge in [0, 0.05) is 37.0 Å². The number of nitrogens with zero attached hydrogens (tertiary/aromatic N) is 4. The van der Waals surface area contributed by atoms with E-state index in [9.17, 15) is 4.79 Å². The molecular weight excluding hydrogens is 392 g/mol. The highest BCUT2D eigenvalue weighted by Crippen LogP contribution is 2.31. The lowest BCUT2D eigenvalue weighted by Gasteiger charge is -2.27. The molecule has 0 amide bonds. The van der Waals surface area contributed by atoms with Crippen LogP contribution in [0, 0.1) is 0 Å². The van der Waals surface area contributed by atoms with Crippen LogP contribution in [-0.2, 0) is 16.0 Å². The standard InChI is InChI=1S/C24H30N4O3/c1-5-31-13-12-27-21-10-8-18(24(29)30-4)14-20(21)26-23(27)19-9-11-22(25-15-19)28-16(2)6-7-17(28)3/h8-11,14-17H,5-7,12-13H2,1-4H3/t16-,17-/m0/s1. The molecule has 0 aliphatic carbocycles. The highest BCUT2D eigenvalue weighted by atomic mass is 16.5. The van der Waals surface area contributed by atoms with Crippen molar-refractivity contribution in [1.29, 1.82) is 0 Å². The van der Waals surface area contributed by atoms with Gasteiger partial charge in [0.1, 0.15) is 11.6 Å². The average Bonchev–Trinajstić information content (AvgIpc) is 3.32. The van der Waals surface area contributed by atoms with Crippen LogP contribution in [0.15, 0.2) is 36.5 Å². The van der Waals surface area contributed by atoms with Crippen LogP contribution < -0.4 is 4.90 Å². The van der Waals surface area contributed by atoms with Crippen molar-refractivity contribution < 1.29 is 14.3 Å². The molecule has 3 heterocycles. The molecule has 164 valence electrons. The number of methoxy groups -OCH3 is 1. The van der Waals surface area contributed by atoms with Crippen LogP contribution in [0.4, 0.5) is 5.82 Å². The number of benzene rings is 1. The number of hydrogen-bond acceptors (Lipinski definition) is 6. The summed E-state index contributed by atoms with van der Waals surface area (Å²) in [7, 11) is 1.38. The van der Waals surface area contributed by atoms with Gasteiger partial charge >= 0.3 is 5.97 Å². The van der Waals surface area contributed by atoms with E-state index in [-0.39, 0.29) is 5.97 Å². The van der Waals surface area contributed by atoms with Crippen molar-refractivity contribution in [3.8, 4) is 11.4 Å². The number of carbonyl (C=O) groups is 1. The number of fused-ring (bicyclic) bond motifs is 1. The van der Waals surface area contributed by atoms with Crippen LogP contribution in [0.5, 0.6) is 0 Å². The van der Waals surface area contributed by atoms with Gasteiger partial charge in [0.25, 0.3) is 0 Å². The topological polar surface area (TPSA) is 69.5 Å². The van der Waals surface area contributed by atoms with Crippen molar-refractivity contribution in [2.75, 3.05) is 25.2 Å². The van der Waals surface area contributed by atoms with E-state index in [1.165, 1.54) is 20.0 Å². The van der Waals surface area contributed by atoms with E-state index in [0.717, 1.165) is 28.2 Å². The summed E-state index contributed by atoms with van der Waals surface area (Å²) < 4.78 is 12.6. The molecule has 0 radical (unpaired) electrons. The molecule has 0 N–H and O–H groups in total. The number of aromatic nitrogens is 3. The fraction of sp³-hybridized carbons (Fsp3) is 0.458. The molecule has 0 saturated carbocycles. The van der Waals surface area contributed by atoms with Crippen molar-refractivity contribution in [3.63, 3.8) is 0 Å². The second kappa shape index (κ2) is 9.06. The van der Waals surface area contributed by atoms with Gasteiger partial charge < -0.3 is 18.9 Å². The molecule has 0 spiro atoms. The Morgan fingerprint density at radius 1 is 1.16 bits per heavy atom. The molecule has 1 aliphatic rings. The molecule has 0 unspecified atom stereocenters. The van der Waals surface area contributed by atoms with Crippen molar-refractivity contribution in [2.45, 2.75) is 52.2 Å². The molecule has 2 atom stereocenters. The van der Waals surface area contributed by atoms with E-state index in [1.54, 1.807) is 12.1 Å². The minimum absolute atomic E-state index is 0.368. The predicted octanol–water partition coefficient (Wildman–Crippen LogP) is 4.30. The molecular formula is C24H30N4O3. The molecule has 4 rings (SSSR count). The second-order valence-electron chi connectivity index (χ2n) is 8.07. The maximum Gasteiger partial charge on any atom is 0.337 e. The first kappa shape index (κ1) is 21.3. The summed E-state index contributed by atoms with van der Waals surface area (Å²) in [6, 6.07) is 10.6. The summed E-state index contributed by atoms with van der Waals surface area (Å²) in [6.45, 7) is 8.41. The zero-order valence-electron chi connectivity index (χ0n) is 18.7. The number of imidazole rings is 1. The summed E-state index contributed by atoms with van der Waals surface area (Å²) in [4.78, 5) is 24.0. The zero-order chi connectivity index (χ0) is 22.0. The first-order chi connectivity index (χ1) is 15.0. The van der Waals surface area contributed by atoms with Gasteiger partial charge in [-0.05, 0) is 63.9 Å². The van der Waals surface area contributed by atoms with Gasteiger partial charge in [0.15, 0.2) is 0 Å². The molecule has 1 fully saturated rings. The Labute approximate surface area is 183 Å². The maximum absolute atomic E-state index is 12.0. The summed E-state index contributed by atoms with van der Waals surface area (Å²) in [5.74, 6) is 1.46. The van der Waals surface area contributed by atoms with E-state index in [2.05, 4.69) is 35.4 Å². The quantitative estimate of drug-likeness (QED) is 0.418. The third kappa shape index (κ3) is 4.14. The van der Waals surface area contributed by atoms with Gasteiger partial charge in [-0.15, -0.1) is 0 Å². The normalized spacial score (nSPS) is 18.6. The van der Waals surface area contributed by atoms with Gasteiger partial charge in [-0.3, -0.25) is 0 Å². The van der Waals surface area contributed by atoms with E-state index >= 15 is 0 Å². The van der Waals surface area contributed by atoms with E-state index in [0.29, 0.717) is 37.4 Å². The lowest BCUT2D eigenvalue weighted by Crippen LogP contribution is -2.33. The van der Waals surface area contributed by atoms with Crippen LogP contribution in [0.25, 0.3) is 22.4 Å². The largest absolute Gasteiger partial charge is 0.465 e. The number of hydrogen-bond donors (Lipinski definition) is 0. The minimum atomic E-state index is -0.368. The first-order valence-corrected chi connectivity index (χ1v) is 10.9. The van der Waals surface area contributed by atoms with Crippen LogP contribution in [0.2, 0.25) is 0 Å². The van der Waals surface area contributed by atoms with Crippen molar-refractivity contribution in [2.24, 2.45) is 0 Å². The summed E-state index contributed by atoms with van der Waals surface area (Å²) in [5, 5.41) is 0. The summed E-state index contributed by atoms with van der Waals surface area (Å²) >= 11 is 0. The highest BCUT2D eigenvalue weighted by Gasteiger charge is 2.28. The van der Waals surface area contributed by atoms with Crippen LogP contribution in [-0.4, -0.2) is 52.9 Å². The van der Waals surface area contributed by atoms with Gasteiger partial charge in [-0.1, -0.05) is 0 Å². The highest BCUT2D eigenvalue weighted by molar-refractivity contribution is 5.94. The van der Waals surface area contributed by atoms with E-state index in [1.807, 2.05) is 19.2 Å². The summed E-state index contributed by atoms with van der Waals surface area (Å²) in [6.07, 6.45) is 4.29. The monoisotopic (exact) mass is 422 g/mol. The van der Waals surface area contributed by atoms with Crippen molar-refractivity contribution in [1.82, 2.24) is 14.5 Å². The molecule has 1 saturated heterocycles. The molecule has 7 nitrogen and oxygen atoms in total. The number of pyridine rings is 1. The van der Waals surface area contributed by atoms with Crippen molar-refractivity contribution >= 4 is 22.8 Å². The number of carbonyl (C=O) groups excluding carboxylic acids is 1. The first-order valence-electron chi connectivity index (χ1n) is 10.9. The Morgan fingerprint density at radius 3 is 2.58 bits per heavy atom. The summed E-state index contributed by atoms with van der Waals surface area (Å²) in [5.41, 5.74) is 3.13. The zero-order valence-corrected chi connectivity index (χ0v) is 18.7. The third-order valence-electron chi connectivity index (χ3n) is 6.06. The van der Waals surface area contributed by atoms with E-state index in [4.69, 9.17) is 19.4 Å². The fourth-order valence-electron chi connectivity index (χ4n) is 4.44. The Bertz CT molecular complexity index is 1050. The van der Waals surface area contributed by atoms with Gasteiger partial charge in [0.05, 0.1) is 30.3 Å². The smallest absolute Gasteiger partial charge is 0.337 e. The molecule has 2 aromatic heterocycles. The Morgan fingerprint density at radius 2 is 1.94 bits per heavy atom.